The number of amides is 1. The summed E-state index contributed by atoms with van der Waals surface area (Å²) in [5.74, 6) is -0.422. The van der Waals surface area contributed by atoms with Gasteiger partial charge in [-0.05, 0) is 106 Å². The number of carbonyl (C=O) groups excluding carboxylic acids is 2. The van der Waals surface area contributed by atoms with Crippen LogP contribution in [0.3, 0.4) is 0 Å². The van der Waals surface area contributed by atoms with E-state index in [1.165, 1.54) is 0 Å². The van der Waals surface area contributed by atoms with Gasteiger partial charge in [0.1, 0.15) is 5.60 Å². The Morgan fingerprint density at radius 3 is 2.33 bits per heavy atom. The highest BCUT2D eigenvalue weighted by Crippen LogP contribution is 2.30. The number of rotatable bonds is 7. The topological polar surface area (TPSA) is 60.3 Å². The lowest BCUT2D eigenvalue weighted by molar-refractivity contribution is 0.00703. The van der Waals surface area contributed by atoms with Gasteiger partial charge in [-0.15, -0.1) is 0 Å². The average Bonchev–Trinajstić information content (AvgIpc) is 3.21. The van der Waals surface area contributed by atoms with Crippen molar-refractivity contribution in [3.63, 3.8) is 0 Å². The van der Waals surface area contributed by atoms with Gasteiger partial charge in [0.2, 0.25) is 0 Å². The van der Waals surface area contributed by atoms with Crippen LogP contribution in [0.25, 0.3) is 22.0 Å². The van der Waals surface area contributed by atoms with E-state index >= 15 is 0 Å². The third-order valence-electron chi connectivity index (χ3n) is 7.75. The Labute approximate surface area is 262 Å². The molecule has 1 heterocycles. The van der Waals surface area contributed by atoms with Crippen molar-refractivity contribution in [1.29, 1.82) is 0 Å². The summed E-state index contributed by atoms with van der Waals surface area (Å²) in [6, 6.07) is 29.7. The molecule has 0 saturated carbocycles. The number of esters is 1. The summed E-state index contributed by atoms with van der Waals surface area (Å²) in [7, 11) is 0. The fourth-order valence-electron chi connectivity index (χ4n) is 5.35. The smallest absolute Gasteiger partial charge is 0.339 e. The Morgan fingerprint density at radius 2 is 1.63 bits per heavy atom. The highest BCUT2D eigenvalue weighted by Gasteiger charge is 2.21. The second-order valence-electron chi connectivity index (χ2n) is 12.0. The molecular formula is C37H37BrN2O3. The summed E-state index contributed by atoms with van der Waals surface area (Å²) in [6.45, 7) is 12.5. The summed E-state index contributed by atoms with van der Waals surface area (Å²) in [5.41, 5.74) is 8.04. The Kier molecular flexibility index (Phi) is 8.61. The first kappa shape index (κ1) is 30.3. The molecule has 1 amide bonds. The van der Waals surface area contributed by atoms with Crippen molar-refractivity contribution in [1.82, 2.24) is 9.88 Å². The van der Waals surface area contributed by atoms with E-state index in [0.29, 0.717) is 17.7 Å². The minimum Gasteiger partial charge on any atom is -0.456 e. The maximum Gasteiger partial charge on any atom is 0.339 e. The Balaban J connectivity index is 1.37. The predicted molar refractivity (Wildman–Crippen MR) is 178 cm³/mol. The van der Waals surface area contributed by atoms with Gasteiger partial charge in [-0.1, -0.05) is 70.5 Å². The van der Waals surface area contributed by atoms with Crippen LogP contribution in [0.15, 0.2) is 95.5 Å². The third kappa shape index (κ3) is 6.75. The van der Waals surface area contributed by atoms with Crippen molar-refractivity contribution < 1.29 is 14.3 Å². The number of halogens is 1. The zero-order chi connectivity index (χ0) is 30.9. The molecule has 0 radical (unpaired) electrons. The molecule has 5 aromatic rings. The third-order valence-corrected chi connectivity index (χ3v) is 8.24. The van der Waals surface area contributed by atoms with Gasteiger partial charge in [0, 0.05) is 33.2 Å². The molecule has 0 aliphatic heterocycles. The van der Waals surface area contributed by atoms with Crippen LogP contribution < -0.4 is 5.32 Å². The number of nitrogens with one attached hydrogen (secondary N) is 1. The zero-order valence-electron chi connectivity index (χ0n) is 25.5. The highest BCUT2D eigenvalue weighted by atomic mass is 79.9. The van der Waals surface area contributed by atoms with Crippen molar-refractivity contribution in [3.8, 4) is 11.1 Å². The Bertz CT molecular complexity index is 1810. The summed E-state index contributed by atoms with van der Waals surface area (Å²) in [5, 5.41) is 4.20. The number of carbonyl (C=O) groups is 2. The lowest BCUT2D eigenvalue weighted by Crippen LogP contribution is -2.26. The van der Waals surface area contributed by atoms with Crippen LogP contribution in [-0.2, 0) is 11.3 Å². The molecular weight excluding hydrogens is 600 g/mol. The van der Waals surface area contributed by atoms with Crippen molar-refractivity contribution in [2.24, 2.45) is 0 Å². The van der Waals surface area contributed by atoms with Gasteiger partial charge in [-0.2, -0.15) is 0 Å². The molecule has 0 spiro atoms. The number of hydrogen-bond donors (Lipinski definition) is 1. The van der Waals surface area contributed by atoms with Gasteiger partial charge in [0.25, 0.3) is 5.91 Å². The minimum absolute atomic E-state index is 0.0959. The molecule has 0 bridgehead atoms. The van der Waals surface area contributed by atoms with Gasteiger partial charge in [-0.3, -0.25) is 4.79 Å². The number of ether oxygens (including phenoxy) is 1. The van der Waals surface area contributed by atoms with Crippen LogP contribution in [0.4, 0.5) is 0 Å². The molecule has 43 heavy (non-hydrogen) atoms. The molecule has 220 valence electrons. The first-order valence-electron chi connectivity index (χ1n) is 14.5. The van der Waals surface area contributed by atoms with Gasteiger partial charge in [0.05, 0.1) is 11.6 Å². The number of fused-ring (bicyclic) bond motifs is 1. The SMILES string of the molecule is Cc1c(C)n(Cc2ccc(-c3ccccc3C(=O)OC(C)(C)C)cc2)c2ccc(C(=O)N[C@H](C)c3cccc(Br)c3)cc12. The molecule has 1 aromatic heterocycles. The number of aryl methyl sites for hydroxylation is 1. The molecule has 6 heteroatoms. The average molecular weight is 638 g/mol. The number of nitrogens with zero attached hydrogens (tertiary/aromatic N) is 1. The van der Waals surface area contributed by atoms with Gasteiger partial charge < -0.3 is 14.6 Å². The van der Waals surface area contributed by atoms with E-state index in [9.17, 15) is 9.59 Å². The van der Waals surface area contributed by atoms with Gasteiger partial charge in [-0.25, -0.2) is 4.79 Å². The van der Waals surface area contributed by atoms with E-state index < -0.39 is 5.60 Å². The van der Waals surface area contributed by atoms with Crippen molar-refractivity contribution in [3.05, 3.63) is 129 Å². The summed E-state index contributed by atoms with van der Waals surface area (Å²) >= 11 is 3.51. The molecule has 5 nitrogen and oxygen atoms in total. The Morgan fingerprint density at radius 1 is 0.907 bits per heavy atom. The molecule has 0 fully saturated rings. The van der Waals surface area contributed by atoms with Crippen LogP contribution in [0.1, 0.15) is 76.8 Å². The van der Waals surface area contributed by atoms with Crippen LogP contribution >= 0.6 is 15.9 Å². The lowest BCUT2D eigenvalue weighted by Gasteiger charge is -2.20. The highest BCUT2D eigenvalue weighted by molar-refractivity contribution is 9.10. The van der Waals surface area contributed by atoms with Crippen LogP contribution in [0, 0.1) is 13.8 Å². The van der Waals surface area contributed by atoms with Crippen LogP contribution in [-0.4, -0.2) is 22.0 Å². The lowest BCUT2D eigenvalue weighted by atomic mass is 9.98. The molecule has 5 rings (SSSR count). The van der Waals surface area contributed by atoms with Crippen molar-refractivity contribution >= 4 is 38.7 Å². The first-order chi connectivity index (χ1) is 20.4. The van der Waals surface area contributed by atoms with Gasteiger partial charge in [0.15, 0.2) is 0 Å². The van der Waals surface area contributed by atoms with Gasteiger partial charge >= 0.3 is 5.97 Å². The molecule has 0 saturated heterocycles. The second kappa shape index (κ2) is 12.2. The van der Waals surface area contributed by atoms with E-state index in [1.54, 1.807) is 0 Å². The molecule has 1 N–H and O–H groups in total. The summed E-state index contributed by atoms with van der Waals surface area (Å²) < 4.78 is 8.92. The van der Waals surface area contributed by atoms with Crippen LogP contribution in [0.5, 0.6) is 0 Å². The second-order valence-corrected chi connectivity index (χ2v) is 12.9. The largest absolute Gasteiger partial charge is 0.456 e. The molecule has 0 unspecified atom stereocenters. The van der Waals surface area contributed by atoms with Crippen LogP contribution in [0.2, 0.25) is 0 Å². The number of benzene rings is 4. The van der Waals surface area contributed by atoms with E-state index in [4.69, 9.17) is 4.74 Å². The van der Waals surface area contributed by atoms with E-state index in [0.717, 1.165) is 48.9 Å². The monoisotopic (exact) mass is 636 g/mol. The molecule has 0 aliphatic carbocycles. The summed E-state index contributed by atoms with van der Waals surface area (Å²) in [6.07, 6.45) is 0. The van der Waals surface area contributed by atoms with Crippen molar-refractivity contribution in [2.45, 2.75) is 59.7 Å². The molecule has 4 aromatic carbocycles. The molecule has 0 aliphatic rings. The Hall–Kier alpha value is -4.16. The van der Waals surface area contributed by atoms with E-state index in [-0.39, 0.29) is 17.9 Å². The minimum atomic E-state index is -0.563. The molecule has 1 atom stereocenters. The quantitative estimate of drug-likeness (QED) is 0.181. The number of aromatic nitrogens is 1. The number of hydrogen-bond acceptors (Lipinski definition) is 3. The van der Waals surface area contributed by atoms with E-state index in [2.05, 4.69) is 63.9 Å². The first-order valence-corrected chi connectivity index (χ1v) is 15.3. The fourth-order valence-corrected chi connectivity index (χ4v) is 5.77. The maximum absolute atomic E-state index is 13.2. The van der Waals surface area contributed by atoms with Crippen molar-refractivity contribution in [2.75, 3.05) is 0 Å². The maximum atomic E-state index is 13.2. The normalized spacial score (nSPS) is 12.3. The van der Waals surface area contributed by atoms with E-state index in [1.807, 2.05) is 94.4 Å². The zero-order valence-corrected chi connectivity index (χ0v) is 27.1. The standard InChI is InChI=1S/C37H37BrN2O3/c1-23-25(3)40(34-19-18-29(21-33(23)34)35(41)39-24(2)28-10-9-11-30(38)20-28)22-26-14-16-27(17-15-26)31-12-7-8-13-32(31)36(42)43-37(4,5)6/h7-21,24H,22H2,1-6H3,(H,39,41)/t24-/m1/s1. The predicted octanol–water partition coefficient (Wildman–Crippen LogP) is 9.18. The summed E-state index contributed by atoms with van der Waals surface area (Å²) in [4.78, 5) is 26.0. The fraction of sp³-hybridized carbons (Fsp3) is 0.243.